The Bertz CT molecular complexity index is 758. The Balaban J connectivity index is 1.56. The number of halogens is 1. The van der Waals surface area contributed by atoms with Crippen LogP contribution in [0.4, 0.5) is 4.39 Å². The molecular weight excluding hydrogens is 329 g/mol. The highest BCUT2D eigenvalue weighted by Crippen LogP contribution is 2.28. The maximum absolute atomic E-state index is 13.7. The first-order valence-electron chi connectivity index (χ1n) is 8.19. The lowest BCUT2D eigenvalue weighted by Gasteiger charge is -2.29. The van der Waals surface area contributed by atoms with E-state index < -0.39 is 5.97 Å². The van der Waals surface area contributed by atoms with Gasteiger partial charge in [-0.15, -0.1) is 11.3 Å². The van der Waals surface area contributed by atoms with Crippen LogP contribution in [0, 0.1) is 11.7 Å². The number of ether oxygens (including phenoxy) is 1. The number of nitrogens with one attached hydrogen (secondary N) is 1. The predicted octanol–water partition coefficient (Wildman–Crippen LogP) is 3.89. The van der Waals surface area contributed by atoms with Crippen molar-refractivity contribution < 1.29 is 18.7 Å². The predicted molar refractivity (Wildman–Crippen MR) is 91.6 cm³/mol. The van der Waals surface area contributed by atoms with Gasteiger partial charge in [0.2, 0.25) is 0 Å². The van der Waals surface area contributed by atoms with Crippen molar-refractivity contribution in [2.45, 2.75) is 38.6 Å². The van der Waals surface area contributed by atoms with Gasteiger partial charge in [0.25, 0.3) is 5.91 Å². The van der Waals surface area contributed by atoms with Gasteiger partial charge >= 0.3 is 5.97 Å². The summed E-state index contributed by atoms with van der Waals surface area (Å²) in [6, 6.07) is 6.32. The Morgan fingerprint density at radius 1 is 1.33 bits per heavy atom. The third kappa shape index (κ3) is 3.75. The minimum atomic E-state index is -0.595. The lowest BCUT2D eigenvalue weighted by molar-refractivity contribution is -0.125. The monoisotopic (exact) mass is 349 g/mol. The number of thiophene rings is 1. The molecule has 1 N–H and O–H groups in total. The molecule has 0 bridgehead atoms. The number of carbonyl (C=O) groups is 2. The molecule has 0 unspecified atom stereocenters. The largest absolute Gasteiger partial charge is 0.451 e. The summed E-state index contributed by atoms with van der Waals surface area (Å²) in [6.45, 7) is 1.82. The van der Waals surface area contributed by atoms with Crippen LogP contribution in [0.2, 0.25) is 0 Å². The quantitative estimate of drug-likeness (QED) is 0.852. The van der Waals surface area contributed by atoms with Gasteiger partial charge in [-0.05, 0) is 37.0 Å². The Morgan fingerprint density at radius 3 is 2.88 bits per heavy atom. The number of esters is 1. The Labute approximate surface area is 144 Å². The zero-order valence-electron chi connectivity index (χ0n) is 13.5. The number of amides is 1. The maximum Gasteiger partial charge on any atom is 0.348 e. The van der Waals surface area contributed by atoms with Crippen LogP contribution in [-0.4, -0.2) is 24.5 Å². The number of rotatable bonds is 4. The van der Waals surface area contributed by atoms with Crippen LogP contribution in [0.3, 0.4) is 0 Å². The van der Waals surface area contributed by atoms with E-state index in [4.69, 9.17) is 4.74 Å². The summed E-state index contributed by atoms with van der Waals surface area (Å²) in [5.41, 5.74) is 0. The van der Waals surface area contributed by atoms with Crippen LogP contribution in [0.1, 0.15) is 42.3 Å². The van der Waals surface area contributed by atoms with E-state index in [1.807, 2.05) is 0 Å². The van der Waals surface area contributed by atoms with Gasteiger partial charge in [-0.2, -0.15) is 0 Å². The number of hydrogen-bond donors (Lipinski definition) is 1. The van der Waals surface area contributed by atoms with E-state index >= 15 is 0 Å². The van der Waals surface area contributed by atoms with Crippen molar-refractivity contribution in [3.05, 3.63) is 35.0 Å². The molecular formula is C18H20FNO3S. The maximum atomic E-state index is 13.7. The lowest BCUT2D eigenvalue weighted by atomic mass is 9.86. The van der Waals surface area contributed by atoms with Gasteiger partial charge in [0, 0.05) is 16.1 Å². The van der Waals surface area contributed by atoms with E-state index in [0.717, 1.165) is 30.6 Å². The molecule has 1 heterocycles. The highest BCUT2D eigenvalue weighted by molar-refractivity contribution is 7.20. The standard InChI is InChI=1S/C18H20FNO3S/c1-11-5-2-3-7-14(11)20-17(21)10-23-18(22)16-9-12-13(19)6-4-8-15(12)24-16/h4,6,8-9,11,14H,2-3,5,7,10H2,1H3,(H,20,21)/t11-,14-/m0/s1. The third-order valence-corrected chi connectivity index (χ3v) is 5.58. The molecule has 0 radical (unpaired) electrons. The van der Waals surface area contributed by atoms with Gasteiger partial charge < -0.3 is 10.1 Å². The molecule has 1 aromatic carbocycles. The second-order valence-electron chi connectivity index (χ2n) is 6.27. The molecule has 128 valence electrons. The molecule has 1 saturated carbocycles. The molecule has 2 aromatic rings. The first kappa shape index (κ1) is 16.9. The van der Waals surface area contributed by atoms with Crippen LogP contribution in [0.15, 0.2) is 24.3 Å². The average Bonchev–Trinajstić information content (AvgIpc) is 3.00. The smallest absolute Gasteiger partial charge is 0.348 e. The van der Waals surface area contributed by atoms with E-state index in [0.29, 0.717) is 20.9 Å². The van der Waals surface area contributed by atoms with Gasteiger partial charge in [0.1, 0.15) is 10.7 Å². The Kier molecular flexibility index (Phi) is 5.14. The SMILES string of the molecule is C[C@H]1CCCC[C@@H]1NC(=O)COC(=O)c1cc2c(F)cccc2s1. The second-order valence-corrected chi connectivity index (χ2v) is 7.36. The molecule has 1 fully saturated rings. The molecule has 24 heavy (non-hydrogen) atoms. The summed E-state index contributed by atoms with van der Waals surface area (Å²) < 4.78 is 19.4. The fourth-order valence-electron chi connectivity index (χ4n) is 3.11. The van der Waals surface area contributed by atoms with E-state index in [1.54, 1.807) is 12.1 Å². The lowest BCUT2D eigenvalue weighted by Crippen LogP contribution is -2.42. The number of carbonyl (C=O) groups excluding carboxylic acids is 2. The van der Waals surface area contributed by atoms with Crippen LogP contribution >= 0.6 is 11.3 Å². The Morgan fingerprint density at radius 2 is 2.12 bits per heavy atom. The van der Waals surface area contributed by atoms with E-state index in [2.05, 4.69) is 12.2 Å². The first-order chi connectivity index (χ1) is 11.5. The summed E-state index contributed by atoms with van der Waals surface area (Å²) >= 11 is 1.16. The molecule has 3 rings (SSSR count). The minimum Gasteiger partial charge on any atom is -0.451 e. The molecule has 0 aliphatic heterocycles. The summed E-state index contributed by atoms with van der Waals surface area (Å²) in [7, 11) is 0. The summed E-state index contributed by atoms with van der Waals surface area (Å²) in [6.07, 6.45) is 4.39. The average molecular weight is 349 g/mol. The summed E-state index contributed by atoms with van der Waals surface area (Å²) in [5.74, 6) is -0.798. The minimum absolute atomic E-state index is 0.156. The summed E-state index contributed by atoms with van der Waals surface area (Å²) in [5, 5.41) is 3.34. The molecule has 1 amide bonds. The second kappa shape index (κ2) is 7.30. The van der Waals surface area contributed by atoms with Crippen LogP contribution in [0.5, 0.6) is 0 Å². The van der Waals surface area contributed by atoms with Crippen molar-refractivity contribution in [2.24, 2.45) is 5.92 Å². The molecule has 0 saturated heterocycles. The number of hydrogen-bond acceptors (Lipinski definition) is 4. The molecule has 0 spiro atoms. The zero-order chi connectivity index (χ0) is 17.1. The molecule has 4 nitrogen and oxygen atoms in total. The van der Waals surface area contributed by atoms with Crippen LogP contribution < -0.4 is 5.32 Å². The van der Waals surface area contributed by atoms with Gasteiger partial charge in [0.05, 0.1) is 0 Å². The summed E-state index contributed by atoms with van der Waals surface area (Å²) in [4.78, 5) is 24.3. The molecule has 1 aromatic heterocycles. The number of fused-ring (bicyclic) bond motifs is 1. The van der Waals surface area contributed by atoms with Crippen LogP contribution in [0.25, 0.3) is 10.1 Å². The van der Waals surface area contributed by atoms with Crippen molar-refractivity contribution >= 4 is 33.3 Å². The van der Waals surface area contributed by atoms with Gasteiger partial charge in [-0.1, -0.05) is 25.8 Å². The fourth-order valence-corrected chi connectivity index (χ4v) is 4.08. The van der Waals surface area contributed by atoms with Gasteiger partial charge in [-0.25, -0.2) is 9.18 Å². The topological polar surface area (TPSA) is 55.4 Å². The van der Waals surface area contributed by atoms with E-state index in [1.165, 1.54) is 18.6 Å². The zero-order valence-corrected chi connectivity index (χ0v) is 14.3. The van der Waals surface area contributed by atoms with Crippen LogP contribution in [-0.2, 0) is 9.53 Å². The highest BCUT2D eigenvalue weighted by atomic mass is 32.1. The van der Waals surface area contributed by atoms with Gasteiger partial charge in [-0.3, -0.25) is 4.79 Å². The van der Waals surface area contributed by atoms with Crippen molar-refractivity contribution in [2.75, 3.05) is 6.61 Å². The first-order valence-corrected chi connectivity index (χ1v) is 9.01. The van der Waals surface area contributed by atoms with Crippen molar-refractivity contribution in [1.82, 2.24) is 5.32 Å². The molecule has 1 aliphatic rings. The van der Waals surface area contributed by atoms with Crippen molar-refractivity contribution in [3.63, 3.8) is 0 Å². The van der Waals surface area contributed by atoms with Crippen molar-refractivity contribution in [3.8, 4) is 0 Å². The highest BCUT2D eigenvalue weighted by Gasteiger charge is 2.23. The van der Waals surface area contributed by atoms with Crippen molar-refractivity contribution in [1.29, 1.82) is 0 Å². The third-order valence-electron chi connectivity index (χ3n) is 4.50. The molecule has 2 atom stereocenters. The molecule has 1 aliphatic carbocycles. The van der Waals surface area contributed by atoms with Gasteiger partial charge in [0.15, 0.2) is 6.61 Å². The normalized spacial score (nSPS) is 20.8. The van der Waals surface area contributed by atoms with E-state index in [9.17, 15) is 14.0 Å². The number of benzene rings is 1. The molecule has 6 heteroatoms. The fraction of sp³-hybridized carbons (Fsp3) is 0.444. The van der Waals surface area contributed by atoms with E-state index in [-0.39, 0.29) is 24.4 Å². The Hall–Kier alpha value is -1.95.